The Hall–Kier alpha value is -1.60. The van der Waals surface area contributed by atoms with Gasteiger partial charge in [-0.15, -0.1) is 0 Å². The van der Waals surface area contributed by atoms with Gasteiger partial charge in [0.05, 0.1) is 0 Å². The molecule has 0 bridgehead atoms. The number of benzene rings is 2. The molecule has 0 atom stereocenters. The zero-order chi connectivity index (χ0) is 13.8. The molecule has 1 nitrogen and oxygen atoms in total. The monoisotopic (exact) mass is 272 g/mol. The van der Waals surface area contributed by atoms with Gasteiger partial charge in [-0.1, -0.05) is 49.2 Å². The van der Waals surface area contributed by atoms with Crippen LogP contribution in [-0.2, 0) is 6.42 Å². The van der Waals surface area contributed by atoms with Gasteiger partial charge in [-0.2, -0.15) is 0 Å². The van der Waals surface area contributed by atoms with Crippen molar-refractivity contribution in [3.05, 3.63) is 69.7 Å². The summed E-state index contributed by atoms with van der Waals surface area (Å²) < 4.78 is 0. The highest BCUT2D eigenvalue weighted by atomic mass is 35.5. The summed E-state index contributed by atoms with van der Waals surface area (Å²) in [6.07, 6.45) is 2.16. The van der Waals surface area contributed by atoms with E-state index in [9.17, 15) is 4.79 Å². The van der Waals surface area contributed by atoms with E-state index in [-0.39, 0.29) is 5.78 Å². The first-order chi connectivity index (χ1) is 9.10. The Bertz CT molecular complexity index is 564. The van der Waals surface area contributed by atoms with Crippen LogP contribution in [0.15, 0.2) is 42.5 Å². The van der Waals surface area contributed by atoms with Crippen LogP contribution in [0.5, 0.6) is 0 Å². The summed E-state index contributed by atoms with van der Waals surface area (Å²) >= 11 is 6.00. The second kappa shape index (κ2) is 6.03. The highest BCUT2D eigenvalue weighted by molar-refractivity contribution is 6.31. The molecule has 98 valence electrons. The van der Waals surface area contributed by atoms with Crippen molar-refractivity contribution < 1.29 is 4.79 Å². The summed E-state index contributed by atoms with van der Waals surface area (Å²) in [5, 5.41) is 0.603. The molecule has 0 unspecified atom stereocenters. The number of aryl methyl sites for hydroxylation is 2. The molecule has 2 heteroatoms. The van der Waals surface area contributed by atoms with Crippen molar-refractivity contribution in [2.45, 2.75) is 26.7 Å². The SMILES string of the molecule is CCCc1ccc(C(=O)c2cc(C)cc(Cl)c2)cc1. The van der Waals surface area contributed by atoms with E-state index in [1.807, 2.05) is 43.3 Å². The minimum absolute atomic E-state index is 0.0219. The second-order valence-electron chi connectivity index (χ2n) is 4.79. The van der Waals surface area contributed by atoms with Crippen LogP contribution in [-0.4, -0.2) is 5.78 Å². The van der Waals surface area contributed by atoms with Crippen molar-refractivity contribution in [3.8, 4) is 0 Å². The van der Waals surface area contributed by atoms with Crippen molar-refractivity contribution in [3.63, 3.8) is 0 Å². The number of hydrogen-bond acceptors (Lipinski definition) is 1. The van der Waals surface area contributed by atoms with E-state index in [2.05, 4.69) is 6.92 Å². The van der Waals surface area contributed by atoms with E-state index < -0.39 is 0 Å². The number of carbonyl (C=O) groups is 1. The molecule has 2 rings (SSSR count). The third-order valence-electron chi connectivity index (χ3n) is 3.06. The molecule has 0 aliphatic heterocycles. The molecule has 19 heavy (non-hydrogen) atoms. The zero-order valence-electron chi connectivity index (χ0n) is 11.2. The topological polar surface area (TPSA) is 17.1 Å². The number of hydrogen-bond donors (Lipinski definition) is 0. The van der Waals surface area contributed by atoms with Crippen LogP contribution in [0, 0.1) is 6.92 Å². The molecule has 0 spiro atoms. The summed E-state index contributed by atoms with van der Waals surface area (Å²) in [6, 6.07) is 13.3. The van der Waals surface area contributed by atoms with Gasteiger partial charge >= 0.3 is 0 Å². The maximum absolute atomic E-state index is 12.4. The highest BCUT2D eigenvalue weighted by Crippen LogP contribution is 2.18. The lowest BCUT2D eigenvalue weighted by Gasteiger charge is -2.05. The maximum Gasteiger partial charge on any atom is 0.193 e. The highest BCUT2D eigenvalue weighted by Gasteiger charge is 2.10. The maximum atomic E-state index is 12.4. The van der Waals surface area contributed by atoms with Crippen molar-refractivity contribution in [1.82, 2.24) is 0 Å². The molecular formula is C17H17ClO. The minimum Gasteiger partial charge on any atom is -0.289 e. The molecule has 0 radical (unpaired) electrons. The first-order valence-corrected chi connectivity index (χ1v) is 6.89. The number of rotatable bonds is 4. The third kappa shape index (κ3) is 3.45. The first-order valence-electron chi connectivity index (χ1n) is 6.51. The number of carbonyl (C=O) groups excluding carboxylic acids is 1. The van der Waals surface area contributed by atoms with E-state index in [0.717, 1.165) is 18.4 Å². The lowest BCUT2D eigenvalue weighted by molar-refractivity contribution is 0.103. The Kier molecular flexibility index (Phi) is 4.39. The Labute approximate surface area is 119 Å². The molecule has 0 N–H and O–H groups in total. The summed E-state index contributed by atoms with van der Waals surface area (Å²) in [6.45, 7) is 4.08. The molecule has 0 amide bonds. The van der Waals surface area contributed by atoms with Crippen molar-refractivity contribution in [1.29, 1.82) is 0 Å². The van der Waals surface area contributed by atoms with Crippen LogP contribution in [0.3, 0.4) is 0 Å². The lowest BCUT2D eigenvalue weighted by Crippen LogP contribution is -2.02. The quantitative estimate of drug-likeness (QED) is 0.729. The van der Waals surface area contributed by atoms with E-state index in [0.29, 0.717) is 16.1 Å². The second-order valence-corrected chi connectivity index (χ2v) is 5.23. The molecule has 0 aromatic heterocycles. The molecule has 2 aromatic rings. The summed E-state index contributed by atoms with van der Waals surface area (Å²) in [4.78, 5) is 12.4. The van der Waals surface area contributed by atoms with E-state index in [1.54, 1.807) is 6.07 Å². The van der Waals surface area contributed by atoms with Gasteiger partial charge in [0, 0.05) is 16.1 Å². The first kappa shape index (κ1) is 13.8. The normalized spacial score (nSPS) is 10.5. The summed E-state index contributed by atoms with van der Waals surface area (Å²) in [5.74, 6) is 0.0219. The van der Waals surface area contributed by atoms with E-state index in [1.165, 1.54) is 5.56 Å². The fraction of sp³-hybridized carbons (Fsp3) is 0.235. The minimum atomic E-state index is 0.0219. The van der Waals surface area contributed by atoms with Gasteiger partial charge in [-0.25, -0.2) is 0 Å². The molecule has 0 aliphatic rings. The molecule has 0 heterocycles. The predicted molar refractivity (Wildman–Crippen MR) is 80.1 cm³/mol. The molecule has 0 fully saturated rings. The Balaban J connectivity index is 2.28. The third-order valence-corrected chi connectivity index (χ3v) is 3.28. The van der Waals surface area contributed by atoms with E-state index in [4.69, 9.17) is 11.6 Å². The standard InChI is InChI=1S/C17H17ClO/c1-3-4-13-5-7-14(8-6-13)17(19)15-9-12(2)10-16(18)11-15/h5-11H,3-4H2,1-2H3. The number of ketones is 1. The van der Waals surface area contributed by atoms with E-state index >= 15 is 0 Å². The van der Waals surface area contributed by atoms with Crippen LogP contribution in [0.25, 0.3) is 0 Å². The lowest BCUT2D eigenvalue weighted by atomic mass is 10.00. The van der Waals surface area contributed by atoms with Gasteiger partial charge in [0.15, 0.2) is 5.78 Å². The fourth-order valence-electron chi connectivity index (χ4n) is 2.15. The van der Waals surface area contributed by atoms with Gasteiger partial charge in [0.2, 0.25) is 0 Å². The van der Waals surface area contributed by atoms with Gasteiger partial charge in [-0.05, 0) is 42.7 Å². The van der Waals surface area contributed by atoms with Crippen molar-refractivity contribution >= 4 is 17.4 Å². The largest absolute Gasteiger partial charge is 0.289 e. The smallest absolute Gasteiger partial charge is 0.193 e. The van der Waals surface area contributed by atoms with Crippen molar-refractivity contribution in [2.75, 3.05) is 0 Å². The molecule has 2 aromatic carbocycles. The van der Waals surface area contributed by atoms with Crippen LogP contribution in [0.2, 0.25) is 5.02 Å². The predicted octanol–water partition coefficient (Wildman–Crippen LogP) is 4.83. The Morgan fingerprint density at radius 1 is 1.05 bits per heavy atom. The van der Waals surface area contributed by atoms with Crippen molar-refractivity contribution in [2.24, 2.45) is 0 Å². The van der Waals surface area contributed by atoms with Crippen LogP contribution >= 0.6 is 11.6 Å². The summed E-state index contributed by atoms with van der Waals surface area (Å²) in [7, 11) is 0. The number of halogens is 1. The zero-order valence-corrected chi connectivity index (χ0v) is 12.0. The van der Waals surface area contributed by atoms with Crippen LogP contribution < -0.4 is 0 Å². The van der Waals surface area contributed by atoms with Gasteiger partial charge in [0.25, 0.3) is 0 Å². The average molecular weight is 273 g/mol. The van der Waals surface area contributed by atoms with Crippen LogP contribution in [0.1, 0.15) is 40.4 Å². The van der Waals surface area contributed by atoms with Gasteiger partial charge in [-0.3, -0.25) is 4.79 Å². The molecule has 0 saturated carbocycles. The Morgan fingerprint density at radius 3 is 2.32 bits per heavy atom. The van der Waals surface area contributed by atoms with Crippen LogP contribution in [0.4, 0.5) is 0 Å². The van der Waals surface area contributed by atoms with Gasteiger partial charge in [0.1, 0.15) is 0 Å². The Morgan fingerprint density at radius 2 is 1.74 bits per heavy atom. The summed E-state index contributed by atoms with van der Waals surface area (Å²) in [5.41, 5.74) is 3.62. The molecule has 0 saturated heterocycles. The fourth-order valence-corrected chi connectivity index (χ4v) is 2.44. The average Bonchev–Trinajstić information content (AvgIpc) is 2.38. The van der Waals surface area contributed by atoms with Gasteiger partial charge < -0.3 is 0 Å². The molecular weight excluding hydrogens is 256 g/mol. The molecule has 0 aliphatic carbocycles.